The molecule has 0 radical (unpaired) electrons. The van der Waals surface area contributed by atoms with Crippen LogP contribution in [0.1, 0.15) is 5.56 Å². The molecular formula is C11H13NO5. The highest BCUT2D eigenvalue weighted by atomic mass is 16.6. The predicted octanol–water partition coefficient (Wildman–Crippen LogP) is 1.62. The van der Waals surface area contributed by atoms with Crippen molar-refractivity contribution in [2.45, 2.75) is 0 Å². The third-order valence-electron chi connectivity index (χ3n) is 2.09. The van der Waals surface area contributed by atoms with Crippen molar-refractivity contribution < 1.29 is 19.5 Å². The Morgan fingerprint density at radius 2 is 2.12 bits per heavy atom. The first-order chi connectivity index (χ1) is 8.13. The molecule has 0 aliphatic rings. The molecule has 17 heavy (non-hydrogen) atoms. The highest BCUT2D eigenvalue weighted by molar-refractivity contribution is 5.64. The first-order valence-electron chi connectivity index (χ1n) is 4.81. The van der Waals surface area contributed by atoms with Gasteiger partial charge in [0.2, 0.25) is 5.75 Å². The van der Waals surface area contributed by atoms with Crippen LogP contribution in [-0.2, 0) is 0 Å². The summed E-state index contributed by atoms with van der Waals surface area (Å²) in [6.07, 6.45) is 3.04. The molecule has 92 valence electrons. The van der Waals surface area contributed by atoms with Crippen LogP contribution in [0, 0.1) is 10.1 Å². The van der Waals surface area contributed by atoms with Gasteiger partial charge in [-0.25, -0.2) is 0 Å². The van der Waals surface area contributed by atoms with Crippen LogP contribution >= 0.6 is 0 Å². The van der Waals surface area contributed by atoms with E-state index in [1.54, 1.807) is 12.1 Å². The van der Waals surface area contributed by atoms with Gasteiger partial charge in [0.25, 0.3) is 0 Å². The fraction of sp³-hybridized carbons (Fsp3) is 0.273. The van der Waals surface area contributed by atoms with Gasteiger partial charge in [-0.15, -0.1) is 0 Å². The van der Waals surface area contributed by atoms with Gasteiger partial charge in [0.15, 0.2) is 5.75 Å². The van der Waals surface area contributed by atoms with E-state index in [2.05, 4.69) is 0 Å². The zero-order valence-electron chi connectivity index (χ0n) is 9.54. The van der Waals surface area contributed by atoms with E-state index in [9.17, 15) is 10.1 Å². The van der Waals surface area contributed by atoms with Gasteiger partial charge < -0.3 is 14.6 Å². The number of methoxy groups -OCH3 is 2. The van der Waals surface area contributed by atoms with Crippen LogP contribution in [-0.4, -0.2) is 30.9 Å². The average Bonchev–Trinajstić information content (AvgIpc) is 2.34. The highest BCUT2D eigenvalue weighted by Gasteiger charge is 2.20. The van der Waals surface area contributed by atoms with E-state index < -0.39 is 4.92 Å². The third kappa shape index (κ3) is 2.94. The van der Waals surface area contributed by atoms with Crippen molar-refractivity contribution in [3.8, 4) is 11.5 Å². The summed E-state index contributed by atoms with van der Waals surface area (Å²) >= 11 is 0. The van der Waals surface area contributed by atoms with Crippen molar-refractivity contribution in [2.24, 2.45) is 0 Å². The summed E-state index contributed by atoms with van der Waals surface area (Å²) in [5.74, 6) is 0.359. The van der Waals surface area contributed by atoms with Crippen molar-refractivity contribution >= 4 is 11.8 Å². The number of benzene rings is 1. The van der Waals surface area contributed by atoms with Gasteiger partial charge >= 0.3 is 5.69 Å². The van der Waals surface area contributed by atoms with Crippen molar-refractivity contribution in [3.05, 3.63) is 33.9 Å². The Kier molecular flexibility index (Phi) is 4.47. The number of hydrogen-bond acceptors (Lipinski definition) is 5. The summed E-state index contributed by atoms with van der Waals surface area (Å²) in [6, 6.07) is 2.95. The third-order valence-corrected chi connectivity index (χ3v) is 2.09. The fourth-order valence-electron chi connectivity index (χ4n) is 1.39. The highest BCUT2D eigenvalue weighted by Crippen LogP contribution is 2.38. The van der Waals surface area contributed by atoms with Crippen LogP contribution in [0.3, 0.4) is 0 Å². The van der Waals surface area contributed by atoms with Crippen LogP contribution in [0.4, 0.5) is 5.69 Å². The summed E-state index contributed by atoms with van der Waals surface area (Å²) in [5.41, 5.74) is 0.382. The number of aliphatic hydroxyl groups excluding tert-OH is 1. The van der Waals surface area contributed by atoms with Gasteiger partial charge in [0, 0.05) is 6.07 Å². The van der Waals surface area contributed by atoms with E-state index >= 15 is 0 Å². The monoisotopic (exact) mass is 239 g/mol. The maximum absolute atomic E-state index is 10.9. The van der Waals surface area contributed by atoms with E-state index in [0.717, 1.165) is 0 Å². The number of nitro groups is 1. The molecule has 0 spiro atoms. The average molecular weight is 239 g/mol. The van der Waals surface area contributed by atoms with Crippen LogP contribution < -0.4 is 9.47 Å². The zero-order valence-corrected chi connectivity index (χ0v) is 9.54. The maximum atomic E-state index is 10.9. The number of rotatable bonds is 5. The second-order valence-electron chi connectivity index (χ2n) is 3.12. The molecule has 0 saturated carbocycles. The van der Waals surface area contributed by atoms with Gasteiger partial charge in [0.1, 0.15) is 0 Å². The summed E-state index contributed by atoms with van der Waals surface area (Å²) < 4.78 is 9.97. The van der Waals surface area contributed by atoms with Gasteiger partial charge in [-0.2, -0.15) is 0 Å². The summed E-state index contributed by atoms with van der Waals surface area (Å²) in [4.78, 5) is 10.3. The second kappa shape index (κ2) is 5.86. The minimum atomic E-state index is -0.544. The number of ether oxygens (including phenoxy) is 2. The van der Waals surface area contributed by atoms with Crippen molar-refractivity contribution in [3.63, 3.8) is 0 Å². The second-order valence-corrected chi connectivity index (χ2v) is 3.12. The standard InChI is InChI=1S/C11H13NO5/c1-16-10-7-8(4-3-5-13)6-9(12(14)15)11(10)17-2/h3-4,6-7,13H,5H2,1-2H3/b4-3+. The summed E-state index contributed by atoms with van der Waals surface area (Å²) in [7, 11) is 2.75. The number of hydrogen-bond donors (Lipinski definition) is 1. The molecule has 0 saturated heterocycles. The molecule has 1 aromatic rings. The lowest BCUT2D eigenvalue weighted by Crippen LogP contribution is -1.97. The van der Waals surface area contributed by atoms with E-state index in [4.69, 9.17) is 14.6 Å². The van der Waals surface area contributed by atoms with Crippen LogP contribution in [0.15, 0.2) is 18.2 Å². The van der Waals surface area contributed by atoms with Crippen molar-refractivity contribution in [1.29, 1.82) is 0 Å². The lowest BCUT2D eigenvalue weighted by Gasteiger charge is -2.08. The smallest absolute Gasteiger partial charge is 0.315 e. The summed E-state index contributed by atoms with van der Waals surface area (Å²) in [6.45, 7) is -0.137. The first kappa shape index (κ1) is 13.0. The lowest BCUT2D eigenvalue weighted by atomic mass is 10.1. The summed E-state index contributed by atoms with van der Waals surface area (Å²) in [5, 5.41) is 19.5. The molecule has 0 bridgehead atoms. The number of nitro benzene ring substituents is 1. The minimum absolute atomic E-state index is 0.0821. The van der Waals surface area contributed by atoms with Gasteiger partial charge in [-0.3, -0.25) is 10.1 Å². The van der Waals surface area contributed by atoms with Crippen LogP contribution in [0.2, 0.25) is 0 Å². The molecule has 0 aliphatic heterocycles. The van der Waals surface area contributed by atoms with Gasteiger partial charge in [-0.05, 0) is 11.6 Å². The van der Waals surface area contributed by atoms with Gasteiger partial charge in [-0.1, -0.05) is 12.2 Å². The molecule has 0 aromatic heterocycles. The lowest BCUT2D eigenvalue weighted by molar-refractivity contribution is -0.385. The maximum Gasteiger partial charge on any atom is 0.315 e. The minimum Gasteiger partial charge on any atom is -0.493 e. The van der Waals surface area contributed by atoms with E-state index in [-0.39, 0.29) is 23.8 Å². The van der Waals surface area contributed by atoms with E-state index in [1.807, 2.05) is 0 Å². The normalized spacial score (nSPS) is 10.5. The Bertz CT molecular complexity index is 442. The molecule has 0 atom stereocenters. The Morgan fingerprint density at radius 3 is 2.59 bits per heavy atom. The molecule has 0 unspecified atom stereocenters. The molecule has 0 heterocycles. The number of aliphatic hydroxyl groups is 1. The van der Waals surface area contributed by atoms with E-state index in [1.165, 1.54) is 26.4 Å². The van der Waals surface area contributed by atoms with Crippen molar-refractivity contribution in [2.75, 3.05) is 20.8 Å². The molecule has 6 heteroatoms. The zero-order chi connectivity index (χ0) is 12.8. The predicted molar refractivity (Wildman–Crippen MR) is 62.3 cm³/mol. The molecular weight excluding hydrogens is 226 g/mol. The van der Waals surface area contributed by atoms with Gasteiger partial charge in [0.05, 0.1) is 25.7 Å². The van der Waals surface area contributed by atoms with Crippen LogP contribution in [0.5, 0.6) is 11.5 Å². The fourth-order valence-corrected chi connectivity index (χ4v) is 1.39. The molecule has 1 N–H and O–H groups in total. The Labute approximate surface area is 98.2 Å². The van der Waals surface area contributed by atoms with Crippen molar-refractivity contribution in [1.82, 2.24) is 0 Å². The first-order valence-corrected chi connectivity index (χ1v) is 4.81. The Balaban J connectivity index is 3.34. The molecule has 0 amide bonds. The molecule has 1 aromatic carbocycles. The van der Waals surface area contributed by atoms with E-state index in [0.29, 0.717) is 5.56 Å². The largest absolute Gasteiger partial charge is 0.493 e. The molecule has 1 rings (SSSR count). The topological polar surface area (TPSA) is 81.8 Å². The Hall–Kier alpha value is -2.08. The Morgan fingerprint density at radius 1 is 1.41 bits per heavy atom. The molecule has 6 nitrogen and oxygen atoms in total. The SMILES string of the molecule is COc1cc(/C=C/CO)cc([N+](=O)[O-])c1OC. The molecule has 0 fully saturated rings. The quantitative estimate of drug-likeness (QED) is 0.623. The van der Waals surface area contributed by atoms with Crippen LogP contribution in [0.25, 0.3) is 6.08 Å². The molecule has 0 aliphatic carbocycles. The number of nitrogens with zero attached hydrogens (tertiary/aromatic N) is 1.